The standard InChI is InChI=1S/C24H22N2O6/c1-29-19-10-6-7-11-20(19)31-16-23(27)26-25-15-17-12-13-21(22(14-17)30-2)32-24(28)18-8-4-3-5-9-18/h3-15H,16H2,1-2H3,(H,26,27)/b25-15+. The first-order valence-electron chi connectivity index (χ1n) is 9.63. The highest BCUT2D eigenvalue weighted by molar-refractivity contribution is 5.91. The minimum atomic E-state index is -0.493. The fourth-order valence-corrected chi connectivity index (χ4v) is 2.67. The molecule has 0 spiro atoms. The van der Waals surface area contributed by atoms with Gasteiger partial charge in [0.25, 0.3) is 5.91 Å². The molecule has 1 N–H and O–H groups in total. The maximum Gasteiger partial charge on any atom is 0.343 e. The van der Waals surface area contributed by atoms with Gasteiger partial charge in [0, 0.05) is 0 Å². The summed E-state index contributed by atoms with van der Waals surface area (Å²) >= 11 is 0. The summed E-state index contributed by atoms with van der Waals surface area (Å²) in [6, 6.07) is 20.6. The molecule has 0 radical (unpaired) electrons. The van der Waals surface area contributed by atoms with E-state index in [1.807, 2.05) is 6.07 Å². The van der Waals surface area contributed by atoms with Crippen LogP contribution in [0.5, 0.6) is 23.0 Å². The molecule has 1 amide bonds. The molecule has 3 rings (SSSR count). The van der Waals surface area contributed by atoms with Gasteiger partial charge in [-0.15, -0.1) is 0 Å². The Bertz CT molecular complexity index is 1100. The van der Waals surface area contributed by atoms with E-state index in [4.69, 9.17) is 18.9 Å². The van der Waals surface area contributed by atoms with Crippen molar-refractivity contribution in [2.75, 3.05) is 20.8 Å². The molecule has 0 atom stereocenters. The van der Waals surface area contributed by atoms with Gasteiger partial charge in [-0.3, -0.25) is 4.79 Å². The predicted molar refractivity (Wildman–Crippen MR) is 119 cm³/mol. The average molecular weight is 434 g/mol. The quantitative estimate of drug-likeness (QED) is 0.240. The topological polar surface area (TPSA) is 95.5 Å². The molecule has 164 valence electrons. The van der Waals surface area contributed by atoms with Crippen LogP contribution in [0.2, 0.25) is 0 Å². The molecule has 3 aromatic rings. The molecule has 0 heterocycles. The van der Waals surface area contributed by atoms with Crippen molar-refractivity contribution in [1.82, 2.24) is 5.43 Å². The Balaban J connectivity index is 1.56. The number of nitrogens with zero attached hydrogens (tertiary/aromatic N) is 1. The number of hydrogen-bond donors (Lipinski definition) is 1. The summed E-state index contributed by atoms with van der Waals surface area (Å²) in [5, 5.41) is 3.91. The first-order valence-corrected chi connectivity index (χ1v) is 9.63. The number of ether oxygens (including phenoxy) is 4. The first-order chi connectivity index (χ1) is 15.6. The molecule has 0 saturated heterocycles. The van der Waals surface area contributed by atoms with Crippen LogP contribution in [0.4, 0.5) is 0 Å². The summed E-state index contributed by atoms with van der Waals surface area (Å²) in [6.07, 6.45) is 1.44. The van der Waals surface area contributed by atoms with Gasteiger partial charge < -0.3 is 18.9 Å². The van der Waals surface area contributed by atoms with Crippen molar-refractivity contribution < 1.29 is 28.5 Å². The van der Waals surface area contributed by atoms with Gasteiger partial charge in [0.15, 0.2) is 29.6 Å². The number of amides is 1. The zero-order valence-electron chi connectivity index (χ0n) is 17.6. The monoisotopic (exact) mass is 434 g/mol. The predicted octanol–water partition coefficient (Wildman–Crippen LogP) is 3.45. The SMILES string of the molecule is COc1ccccc1OCC(=O)N/N=C/c1ccc(OC(=O)c2ccccc2)c(OC)c1. The highest BCUT2D eigenvalue weighted by Crippen LogP contribution is 2.28. The number of hydrogen-bond acceptors (Lipinski definition) is 7. The zero-order valence-corrected chi connectivity index (χ0v) is 17.6. The lowest BCUT2D eigenvalue weighted by Gasteiger charge is -2.10. The maximum absolute atomic E-state index is 12.2. The third-order valence-electron chi connectivity index (χ3n) is 4.23. The van der Waals surface area contributed by atoms with E-state index < -0.39 is 11.9 Å². The second-order valence-electron chi connectivity index (χ2n) is 6.40. The Morgan fingerprint density at radius 2 is 1.53 bits per heavy atom. The van der Waals surface area contributed by atoms with E-state index in [9.17, 15) is 9.59 Å². The van der Waals surface area contributed by atoms with Gasteiger partial charge in [-0.05, 0) is 48.0 Å². The summed E-state index contributed by atoms with van der Waals surface area (Å²) < 4.78 is 21.3. The average Bonchev–Trinajstić information content (AvgIpc) is 2.84. The van der Waals surface area contributed by atoms with Crippen LogP contribution in [0.1, 0.15) is 15.9 Å². The van der Waals surface area contributed by atoms with Crippen molar-refractivity contribution in [3.8, 4) is 23.0 Å². The number of benzene rings is 3. The number of carbonyl (C=O) groups is 2. The summed E-state index contributed by atoms with van der Waals surface area (Å²) in [7, 11) is 2.99. The molecule has 8 nitrogen and oxygen atoms in total. The number of rotatable bonds is 9. The summed E-state index contributed by atoms with van der Waals surface area (Å²) in [5.74, 6) is 0.681. The van der Waals surface area contributed by atoms with Crippen molar-refractivity contribution in [3.63, 3.8) is 0 Å². The smallest absolute Gasteiger partial charge is 0.343 e. The number of carbonyl (C=O) groups excluding carboxylic acids is 2. The van der Waals surface area contributed by atoms with E-state index in [0.717, 1.165) is 0 Å². The largest absolute Gasteiger partial charge is 0.493 e. The molecule has 32 heavy (non-hydrogen) atoms. The summed E-state index contributed by atoms with van der Waals surface area (Å²) in [6.45, 7) is -0.227. The van der Waals surface area contributed by atoms with E-state index >= 15 is 0 Å². The van der Waals surface area contributed by atoms with Crippen molar-refractivity contribution in [3.05, 3.63) is 83.9 Å². The van der Waals surface area contributed by atoms with E-state index in [1.54, 1.807) is 66.7 Å². The van der Waals surface area contributed by atoms with Crippen molar-refractivity contribution >= 4 is 18.1 Å². The van der Waals surface area contributed by atoms with Crippen LogP contribution in [-0.2, 0) is 4.79 Å². The highest BCUT2D eigenvalue weighted by atomic mass is 16.6. The van der Waals surface area contributed by atoms with Crippen molar-refractivity contribution in [2.24, 2.45) is 5.10 Å². The number of methoxy groups -OCH3 is 2. The Morgan fingerprint density at radius 1 is 0.844 bits per heavy atom. The fraction of sp³-hybridized carbons (Fsp3) is 0.125. The van der Waals surface area contributed by atoms with Gasteiger partial charge >= 0.3 is 5.97 Å². The lowest BCUT2D eigenvalue weighted by Crippen LogP contribution is -2.24. The normalized spacial score (nSPS) is 10.4. The van der Waals surface area contributed by atoms with Gasteiger partial charge in [-0.1, -0.05) is 30.3 Å². The van der Waals surface area contributed by atoms with Crippen LogP contribution in [0.15, 0.2) is 77.9 Å². The van der Waals surface area contributed by atoms with E-state index in [0.29, 0.717) is 28.4 Å². The fourth-order valence-electron chi connectivity index (χ4n) is 2.67. The molecular formula is C24H22N2O6. The summed E-state index contributed by atoms with van der Waals surface area (Å²) in [4.78, 5) is 24.2. The van der Waals surface area contributed by atoms with Gasteiger partial charge in [0.1, 0.15) is 0 Å². The lowest BCUT2D eigenvalue weighted by atomic mass is 10.2. The van der Waals surface area contributed by atoms with Crippen LogP contribution in [-0.4, -0.2) is 38.9 Å². The summed E-state index contributed by atoms with van der Waals surface area (Å²) in [5.41, 5.74) is 3.44. The molecule has 0 fully saturated rings. The number of hydrazone groups is 1. The zero-order chi connectivity index (χ0) is 22.8. The molecule has 8 heteroatoms. The molecule has 0 aromatic heterocycles. The van der Waals surface area contributed by atoms with Crippen LogP contribution in [0.3, 0.4) is 0 Å². The van der Waals surface area contributed by atoms with Gasteiger partial charge in [-0.25, -0.2) is 10.2 Å². The Morgan fingerprint density at radius 3 is 2.25 bits per heavy atom. The van der Waals surface area contributed by atoms with E-state index in [-0.39, 0.29) is 12.4 Å². The van der Waals surface area contributed by atoms with Gasteiger partial charge in [0.2, 0.25) is 0 Å². The van der Waals surface area contributed by atoms with E-state index in [1.165, 1.54) is 20.4 Å². The van der Waals surface area contributed by atoms with Crippen LogP contribution in [0.25, 0.3) is 0 Å². The maximum atomic E-state index is 12.2. The Kier molecular flexibility index (Phi) is 7.80. The van der Waals surface area contributed by atoms with Gasteiger partial charge in [-0.2, -0.15) is 5.10 Å². The molecule has 0 aliphatic heterocycles. The lowest BCUT2D eigenvalue weighted by molar-refractivity contribution is -0.123. The molecule has 3 aromatic carbocycles. The molecule has 0 bridgehead atoms. The van der Waals surface area contributed by atoms with Gasteiger partial charge in [0.05, 0.1) is 26.0 Å². The highest BCUT2D eigenvalue weighted by Gasteiger charge is 2.12. The van der Waals surface area contributed by atoms with Crippen LogP contribution < -0.4 is 24.4 Å². The molecule has 0 aliphatic carbocycles. The van der Waals surface area contributed by atoms with Crippen LogP contribution in [0, 0.1) is 0 Å². The number of esters is 1. The van der Waals surface area contributed by atoms with E-state index in [2.05, 4.69) is 10.5 Å². The number of nitrogens with one attached hydrogen (secondary N) is 1. The minimum absolute atomic E-state index is 0.227. The minimum Gasteiger partial charge on any atom is -0.493 e. The first kappa shape index (κ1) is 22.4. The number of para-hydroxylation sites is 2. The Labute approximate surface area is 185 Å². The van der Waals surface area contributed by atoms with Crippen molar-refractivity contribution in [2.45, 2.75) is 0 Å². The van der Waals surface area contributed by atoms with Crippen molar-refractivity contribution in [1.29, 1.82) is 0 Å². The third kappa shape index (κ3) is 6.09. The third-order valence-corrected chi connectivity index (χ3v) is 4.23. The second-order valence-corrected chi connectivity index (χ2v) is 6.40. The molecular weight excluding hydrogens is 412 g/mol. The molecule has 0 saturated carbocycles. The van der Waals surface area contributed by atoms with Crippen LogP contribution >= 0.6 is 0 Å². The Hall–Kier alpha value is -4.33. The second kappa shape index (κ2) is 11.2. The molecule has 0 aliphatic rings. The molecule has 0 unspecified atom stereocenters.